The lowest BCUT2D eigenvalue weighted by Gasteiger charge is -2.07. The van der Waals surface area contributed by atoms with Crippen molar-refractivity contribution in [3.8, 4) is 17.1 Å². The van der Waals surface area contributed by atoms with Crippen LogP contribution in [0.15, 0.2) is 56.6 Å². The number of nitrogens with zero attached hydrogens (tertiary/aromatic N) is 4. The van der Waals surface area contributed by atoms with Gasteiger partial charge in [-0.2, -0.15) is 4.98 Å². The molecule has 0 saturated heterocycles. The molecule has 2 aromatic carbocycles. The zero-order valence-electron chi connectivity index (χ0n) is 16.4. The minimum absolute atomic E-state index is 0.218. The first-order chi connectivity index (χ1) is 14.1. The summed E-state index contributed by atoms with van der Waals surface area (Å²) < 4.78 is 16.7. The van der Waals surface area contributed by atoms with Crippen molar-refractivity contribution in [2.75, 3.05) is 0 Å². The summed E-state index contributed by atoms with van der Waals surface area (Å²) in [5.74, 6) is 2.74. The molecule has 0 N–H and O–H groups in total. The van der Waals surface area contributed by atoms with E-state index in [9.17, 15) is 0 Å². The number of hydrogen-bond donors (Lipinski definition) is 0. The highest BCUT2D eigenvalue weighted by Crippen LogP contribution is 2.24. The highest BCUT2D eigenvalue weighted by molar-refractivity contribution is 7.98. The SMILES string of the molecule is Cc1cccc(-c2noc(CSc3nnc(COc4cc(C)ccc4C)o3)n2)c1. The van der Waals surface area contributed by atoms with Crippen LogP contribution < -0.4 is 4.74 Å². The molecule has 0 amide bonds. The van der Waals surface area contributed by atoms with Crippen molar-refractivity contribution < 1.29 is 13.7 Å². The molecule has 0 radical (unpaired) electrons. The molecule has 2 aromatic heterocycles. The first-order valence-electron chi connectivity index (χ1n) is 9.12. The molecular weight excluding hydrogens is 388 g/mol. The summed E-state index contributed by atoms with van der Waals surface area (Å²) in [6.07, 6.45) is 0. The van der Waals surface area contributed by atoms with Crippen molar-refractivity contribution >= 4 is 11.8 Å². The molecule has 0 fully saturated rings. The van der Waals surface area contributed by atoms with Crippen molar-refractivity contribution in [2.45, 2.75) is 38.4 Å². The van der Waals surface area contributed by atoms with Crippen molar-refractivity contribution in [1.82, 2.24) is 20.3 Å². The van der Waals surface area contributed by atoms with Crippen LogP contribution >= 0.6 is 11.8 Å². The van der Waals surface area contributed by atoms with Gasteiger partial charge in [-0.1, -0.05) is 52.8 Å². The third kappa shape index (κ3) is 4.83. The Morgan fingerprint density at radius 3 is 2.69 bits per heavy atom. The average Bonchev–Trinajstić information content (AvgIpc) is 3.36. The lowest BCUT2D eigenvalue weighted by atomic mass is 10.1. The van der Waals surface area contributed by atoms with Gasteiger partial charge in [0.1, 0.15) is 5.75 Å². The van der Waals surface area contributed by atoms with Crippen LogP contribution in [0.4, 0.5) is 0 Å². The number of aryl methyl sites for hydroxylation is 3. The maximum absolute atomic E-state index is 5.80. The predicted octanol–water partition coefficient (Wildman–Crippen LogP) is 4.92. The monoisotopic (exact) mass is 408 g/mol. The Kier molecular flexibility index (Phi) is 5.62. The second-order valence-electron chi connectivity index (χ2n) is 6.69. The molecule has 29 heavy (non-hydrogen) atoms. The molecule has 0 bridgehead atoms. The van der Waals surface area contributed by atoms with Gasteiger partial charge in [-0.3, -0.25) is 0 Å². The van der Waals surface area contributed by atoms with Crippen LogP contribution in [-0.2, 0) is 12.4 Å². The van der Waals surface area contributed by atoms with E-state index in [2.05, 4.69) is 20.3 Å². The number of benzene rings is 2. The fourth-order valence-corrected chi connectivity index (χ4v) is 3.31. The van der Waals surface area contributed by atoms with E-state index < -0.39 is 0 Å². The van der Waals surface area contributed by atoms with Gasteiger partial charge in [0, 0.05) is 5.56 Å². The van der Waals surface area contributed by atoms with Gasteiger partial charge in [0.2, 0.25) is 11.7 Å². The normalized spacial score (nSPS) is 11.0. The number of hydrogen-bond acceptors (Lipinski definition) is 8. The second kappa shape index (κ2) is 8.48. The molecule has 7 nitrogen and oxygen atoms in total. The third-order valence-electron chi connectivity index (χ3n) is 4.21. The summed E-state index contributed by atoms with van der Waals surface area (Å²) in [5.41, 5.74) is 4.26. The molecule has 148 valence electrons. The molecule has 0 unspecified atom stereocenters. The Labute approximate surface area is 172 Å². The van der Waals surface area contributed by atoms with Gasteiger partial charge < -0.3 is 13.7 Å². The topological polar surface area (TPSA) is 87.1 Å². The molecular formula is C21H20N4O3S. The van der Waals surface area contributed by atoms with E-state index in [0.29, 0.717) is 28.6 Å². The van der Waals surface area contributed by atoms with Gasteiger partial charge in [-0.05, 0) is 44.0 Å². The minimum atomic E-state index is 0.218. The van der Waals surface area contributed by atoms with Crippen molar-refractivity contribution in [3.05, 3.63) is 70.9 Å². The van der Waals surface area contributed by atoms with Crippen LogP contribution in [0.2, 0.25) is 0 Å². The summed E-state index contributed by atoms with van der Waals surface area (Å²) in [5, 5.41) is 12.5. The lowest BCUT2D eigenvalue weighted by molar-refractivity contribution is 0.250. The van der Waals surface area contributed by atoms with E-state index in [-0.39, 0.29) is 6.61 Å². The summed E-state index contributed by atoms with van der Waals surface area (Å²) in [6, 6.07) is 14.0. The van der Waals surface area contributed by atoms with Crippen LogP contribution in [-0.4, -0.2) is 20.3 Å². The molecule has 0 spiro atoms. The van der Waals surface area contributed by atoms with Gasteiger partial charge in [0.25, 0.3) is 11.1 Å². The second-order valence-corrected chi connectivity index (χ2v) is 7.62. The Bertz CT molecular complexity index is 1120. The zero-order chi connectivity index (χ0) is 20.2. The van der Waals surface area contributed by atoms with E-state index in [0.717, 1.165) is 28.0 Å². The zero-order valence-corrected chi connectivity index (χ0v) is 17.2. The highest BCUT2D eigenvalue weighted by Gasteiger charge is 2.13. The van der Waals surface area contributed by atoms with E-state index >= 15 is 0 Å². The fraction of sp³-hybridized carbons (Fsp3) is 0.238. The highest BCUT2D eigenvalue weighted by atomic mass is 32.2. The van der Waals surface area contributed by atoms with E-state index in [1.807, 2.05) is 63.2 Å². The smallest absolute Gasteiger partial charge is 0.277 e. The minimum Gasteiger partial charge on any atom is -0.484 e. The molecule has 0 saturated carbocycles. The Morgan fingerprint density at radius 2 is 1.83 bits per heavy atom. The van der Waals surface area contributed by atoms with Crippen molar-refractivity contribution in [3.63, 3.8) is 0 Å². The maximum atomic E-state index is 5.80. The predicted molar refractivity (Wildman–Crippen MR) is 109 cm³/mol. The number of rotatable bonds is 7. The number of aromatic nitrogens is 4. The fourth-order valence-electron chi connectivity index (χ4n) is 2.70. The van der Waals surface area contributed by atoms with E-state index in [4.69, 9.17) is 13.7 Å². The average molecular weight is 408 g/mol. The maximum Gasteiger partial charge on any atom is 0.277 e. The standard InChI is InChI=1S/C21H20N4O3S/c1-13-5-4-6-16(9-13)20-22-19(28-25-20)12-29-21-24-23-18(27-21)11-26-17-10-14(2)7-8-15(17)3/h4-10H,11-12H2,1-3H3. The van der Waals surface area contributed by atoms with Crippen LogP contribution in [0, 0.1) is 20.8 Å². The van der Waals surface area contributed by atoms with Gasteiger partial charge >= 0.3 is 0 Å². The summed E-state index contributed by atoms with van der Waals surface area (Å²) >= 11 is 1.34. The Hall–Kier alpha value is -3.13. The Morgan fingerprint density at radius 1 is 0.966 bits per heavy atom. The largest absolute Gasteiger partial charge is 0.484 e. The van der Waals surface area contributed by atoms with E-state index in [1.165, 1.54) is 11.8 Å². The quantitative estimate of drug-likeness (QED) is 0.398. The van der Waals surface area contributed by atoms with Crippen LogP contribution in [0.1, 0.15) is 28.5 Å². The molecule has 4 aromatic rings. The van der Waals surface area contributed by atoms with Crippen LogP contribution in [0.5, 0.6) is 5.75 Å². The number of thioether (sulfide) groups is 1. The van der Waals surface area contributed by atoms with Crippen LogP contribution in [0.25, 0.3) is 11.4 Å². The van der Waals surface area contributed by atoms with Crippen molar-refractivity contribution in [2.24, 2.45) is 0 Å². The van der Waals surface area contributed by atoms with Gasteiger partial charge in [0.05, 0.1) is 5.75 Å². The summed E-state index contributed by atoms with van der Waals surface area (Å²) in [4.78, 5) is 4.42. The summed E-state index contributed by atoms with van der Waals surface area (Å²) in [7, 11) is 0. The van der Waals surface area contributed by atoms with Gasteiger partial charge in [-0.15, -0.1) is 10.2 Å². The molecule has 0 aliphatic carbocycles. The number of ether oxygens (including phenoxy) is 1. The third-order valence-corrected chi connectivity index (χ3v) is 5.01. The summed E-state index contributed by atoms with van der Waals surface area (Å²) in [6.45, 7) is 6.27. The molecule has 4 rings (SSSR count). The molecule has 0 atom stereocenters. The Balaban J connectivity index is 1.33. The molecule has 8 heteroatoms. The van der Waals surface area contributed by atoms with Crippen LogP contribution in [0.3, 0.4) is 0 Å². The van der Waals surface area contributed by atoms with Gasteiger partial charge in [0.15, 0.2) is 6.61 Å². The molecule has 2 heterocycles. The van der Waals surface area contributed by atoms with Crippen molar-refractivity contribution in [1.29, 1.82) is 0 Å². The lowest BCUT2D eigenvalue weighted by Crippen LogP contribution is -1.97. The molecule has 0 aliphatic heterocycles. The first-order valence-corrected chi connectivity index (χ1v) is 10.1. The van der Waals surface area contributed by atoms with Gasteiger partial charge in [-0.25, -0.2) is 0 Å². The molecule has 0 aliphatic rings. The van der Waals surface area contributed by atoms with E-state index in [1.54, 1.807) is 0 Å². The first kappa shape index (κ1) is 19.2.